The highest BCUT2D eigenvalue weighted by atomic mass is 28.3. The Labute approximate surface area is 161 Å². The summed E-state index contributed by atoms with van der Waals surface area (Å²) in [5.41, 5.74) is 3.52. The van der Waals surface area contributed by atoms with Gasteiger partial charge in [0.2, 0.25) is 0 Å². The standard InChI is InChI=1S/C24H35NSi/c1-18-10-14-21(15-11-18)26(25-24(4,5)6,23-9-7-8-20(23)3)22-16-12-19(2)13-17-22/h10-17,20,23,25H,7-9H2,1-6H3. The molecule has 0 spiro atoms. The summed E-state index contributed by atoms with van der Waals surface area (Å²) < 4.78 is 0. The monoisotopic (exact) mass is 365 g/mol. The van der Waals surface area contributed by atoms with E-state index >= 15 is 0 Å². The van der Waals surface area contributed by atoms with Crippen molar-refractivity contribution < 1.29 is 0 Å². The Bertz CT molecular complexity index is 679. The van der Waals surface area contributed by atoms with Crippen LogP contribution >= 0.6 is 0 Å². The van der Waals surface area contributed by atoms with Crippen LogP contribution in [0.3, 0.4) is 0 Å². The molecule has 0 bridgehead atoms. The van der Waals surface area contributed by atoms with Crippen molar-refractivity contribution >= 4 is 18.6 Å². The van der Waals surface area contributed by atoms with Crippen molar-refractivity contribution in [1.82, 2.24) is 4.98 Å². The van der Waals surface area contributed by atoms with Crippen LogP contribution in [0, 0.1) is 19.8 Å². The Morgan fingerprint density at radius 3 is 1.62 bits per heavy atom. The fourth-order valence-corrected chi connectivity index (χ4v) is 10.7. The first-order valence-corrected chi connectivity index (χ1v) is 12.2. The van der Waals surface area contributed by atoms with Crippen LogP contribution < -0.4 is 15.4 Å². The van der Waals surface area contributed by atoms with Crippen molar-refractivity contribution in [3.05, 3.63) is 59.7 Å². The number of aryl methyl sites for hydroxylation is 2. The Balaban J connectivity index is 2.25. The topological polar surface area (TPSA) is 12.0 Å². The molecule has 1 fully saturated rings. The van der Waals surface area contributed by atoms with Crippen molar-refractivity contribution in [1.29, 1.82) is 0 Å². The Morgan fingerprint density at radius 1 is 0.808 bits per heavy atom. The summed E-state index contributed by atoms with van der Waals surface area (Å²) in [6.45, 7) is 13.8. The van der Waals surface area contributed by atoms with Gasteiger partial charge in [-0.3, -0.25) is 0 Å². The summed E-state index contributed by atoms with van der Waals surface area (Å²) in [6.07, 6.45) is 4.07. The minimum atomic E-state index is -2.11. The Morgan fingerprint density at radius 2 is 1.27 bits per heavy atom. The van der Waals surface area contributed by atoms with Gasteiger partial charge in [0, 0.05) is 5.54 Å². The zero-order chi connectivity index (χ0) is 18.9. The van der Waals surface area contributed by atoms with Gasteiger partial charge < -0.3 is 4.98 Å². The highest BCUT2D eigenvalue weighted by molar-refractivity contribution is 7.01. The lowest BCUT2D eigenvalue weighted by atomic mass is 10.1. The summed E-state index contributed by atoms with van der Waals surface area (Å²) >= 11 is 0. The number of hydrogen-bond donors (Lipinski definition) is 1. The molecular weight excluding hydrogens is 330 g/mol. The van der Waals surface area contributed by atoms with Crippen LogP contribution in [0.4, 0.5) is 0 Å². The first-order chi connectivity index (χ1) is 12.2. The lowest BCUT2D eigenvalue weighted by Crippen LogP contribution is -2.75. The second-order valence-corrected chi connectivity index (χ2v) is 13.2. The first kappa shape index (κ1) is 19.4. The third-order valence-corrected chi connectivity index (χ3v) is 11.6. The maximum absolute atomic E-state index is 4.25. The zero-order valence-corrected chi connectivity index (χ0v) is 18.4. The van der Waals surface area contributed by atoms with E-state index in [1.165, 1.54) is 30.4 Å². The minimum absolute atomic E-state index is 0.0876. The van der Waals surface area contributed by atoms with Crippen molar-refractivity contribution in [3.8, 4) is 0 Å². The third-order valence-electron chi connectivity index (χ3n) is 6.00. The highest BCUT2D eigenvalue weighted by Gasteiger charge is 2.50. The summed E-state index contributed by atoms with van der Waals surface area (Å²) in [6, 6.07) is 18.8. The molecule has 2 aromatic carbocycles. The molecule has 2 unspecified atom stereocenters. The largest absolute Gasteiger partial charge is 0.325 e. The van der Waals surface area contributed by atoms with Gasteiger partial charge in [0.25, 0.3) is 0 Å². The van der Waals surface area contributed by atoms with Gasteiger partial charge in [-0.05, 0) is 56.5 Å². The quantitative estimate of drug-likeness (QED) is 0.757. The molecule has 1 aliphatic rings. The molecule has 0 amide bonds. The third kappa shape index (κ3) is 3.82. The van der Waals surface area contributed by atoms with Crippen molar-refractivity contribution in [2.24, 2.45) is 5.92 Å². The van der Waals surface area contributed by atoms with Crippen LogP contribution in [0.15, 0.2) is 48.5 Å². The average Bonchev–Trinajstić information content (AvgIpc) is 3.00. The molecule has 2 heteroatoms. The summed E-state index contributed by atoms with van der Waals surface area (Å²) in [4.78, 5) is 4.25. The molecule has 1 aliphatic carbocycles. The van der Waals surface area contributed by atoms with Gasteiger partial charge in [-0.25, -0.2) is 0 Å². The van der Waals surface area contributed by atoms with E-state index in [0.29, 0.717) is 0 Å². The fourth-order valence-electron chi connectivity index (χ4n) is 4.84. The van der Waals surface area contributed by atoms with Crippen LogP contribution in [-0.2, 0) is 0 Å². The van der Waals surface area contributed by atoms with Crippen LogP contribution in [-0.4, -0.2) is 13.8 Å². The number of hydrogen-bond acceptors (Lipinski definition) is 1. The summed E-state index contributed by atoms with van der Waals surface area (Å²) in [5, 5.41) is 3.08. The summed E-state index contributed by atoms with van der Waals surface area (Å²) in [5.74, 6) is 0.777. The maximum Gasteiger partial charge on any atom is 0.193 e. The summed E-state index contributed by atoms with van der Waals surface area (Å²) in [7, 11) is -2.11. The minimum Gasteiger partial charge on any atom is -0.325 e. The van der Waals surface area contributed by atoms with Crippen LogP contribution in [0.5, 0.6) is 0 Å². The molecule has 0 radical (unpaired) electrons. The fraction of sp³-hybridized carbons (Fsp3) is 0.500. The Kier molecular flexibility index (Phi) is 5.46. The van der Waals surface area contributed by atoms with Crippen molar-refractivity contribution in [3.63, 3.8) is 0 Å². The molecule has 2 aromatic rings. The lowest BCUT2D eigenvalue weighted by Gasteiger charge is -2.45. The molecule has 1 saturated carbocycles. The van der Waals surface area contributed by atoms with E-state index in [1.807, 2.05) is 0 Å². The molecule has 0 aromatic heterocycles. The average molecular weight is 366 g/mol. The number of rotatable bonds is 4. The van der Waals surface area contributed by atoms with Gasteiger partial charge in [-0.2, -0.15) is 0 Å². The molecule has 1 nitrogen and oxygen atoms in total. The Hall–Kier alpha value is -1.38. The molecule has 1 N–H and O–H groups in total. The van der Waals surface area contributed by atoms with E-state index in [0.717, 1.165) is 11.5 Å². The SMILES string of the molecule is Cc1ccc([Si](NC(C)(C)C)(c2ccc(C)cc2)C2CCCC2C)cc1. The van der Waals surface area contributed by atoms with Gasteiger partial charge >= 0.3 is 0 Å². The van der Waals surface area contributed by atoms with Crippen molar-refractivity contribution in [2.45, 2.75) is 71.9 Å². The maximum atomic E-state index is 4.25. The smallest absolute Gasteiger partial charge is 0.193 e. The number of benzene rings is 2. The van der Waals surface area contributed by atoms with Gasteiger partial charge in [0.05, 0.1) is 0 Å². The molecule has 0 heterocycles. The second kappa shape index (κ2) is 7.32. The lowest BCUT2D eigenvalue weighted by molar-refractivity contribution is 0.497. The highest BCUT2D eigenvalue weighted by Crippen LogP contribution is 2.42. The number of nitrogens with one attached hydrogen (secondary N) is 1. The second-order valence-electron chi connectivity index (χ2n) is 9.43. The molecule has 0 aliphatic heterocycles. The van der Waals surface area contributed by atoms with Gasteiger partial charge in [0.15, 0.2) is 8.24 Å². The van der Waals surface area contributed by atoms with E-state index in [4.69, 9.17) is 0 Å². The molecule has 2 atom stereocenters. The molecule has 0 saturated heterocycles. The molecule has 140 valence electrons. The molecule has 26 heavy (non-hydrogen) atoms. The predicted octanol–water partition coefficient (Wildman–Crippen LogP) is 4.94. The van der Waals surface area contributed by atoms with Gasteiger partial charge in [-0.15, -0.1) is 0 Å². The van der Waals surface area contributed by atoms with Gasteiger partial charge in [0.1, 0.15) is 0 Å². The zero-order valence-electron chi connectivity index (χ0n) is 17.4. The van der Waals surface area contributed by atoms with E-state index in [2.05, 4.69) is 95.1 Å². The van der Waals surface area contributed by atoms with E-state index in [-0.39, 0.29) is 5.54 Å². The molecule has 3 rings (SSSR count). The van der Waals surface area contributed by atoms with Crippen LogP contribution in [0.2, 0.25) is 5.54 Å². The molecular formula is C24H35NSi. The predicted molar refractivity (Wildman–Crippen MR) is 117 cm³/mol. The van der Waals surface area contributed by atoms with E-state index < -0.39 is 8.24 Å². The van der Waals surface area contributed by atoms with Crippen LogP contribution in [0.1, 0.15) is 58.1 Å². The van der Waals surface area contributed by atoms with E-state index in [9.17, 15) is 0 Å². The van der Waals surface area contributed by atoms with E-state index in [1.54, 1.807) is 10.4 Å². The van der Waals surface area contributed by atoms with Crippen molar-refractivity contribution in [2.75, 3.05) is 0 Å². The first-order valence-electron chi connectivity index (χ1n) is 10.2. The van der Waals surface area contributed by atoms with Gasteiger partial charge in [-0.1, -0.05) is 85.8 Å². The van der Waals surface area contributed by atoms with Crippen LogP contribution in [0.25, 0.3) is 0 Å². The normalized spacial score (nSPS) is 21.2.